The Morgan fingerprint density at radius 3 is 2.58 bits per heavy atom. The topological polar surface area (TPSA) is 89.5 Å². The molecule has 2 rings (SSSR count). The molecule has 0 unspecified atom stereocenters. The highest BCUT2D eigenvalue weighted by atomic mass is 32.2. The first-order chi connectivity index (χ1) is 12.4. The van der Waals surface area contributed by atoms with Gasteiger partial charge in [0.2, 0.25) is 5.91 Å². The first-order valence-electron chi connectivity index (χ1n) is 7.83. The third kappa shape index (κ3) is 5.03. The van der Waals surface area contributed by atoms with Crippen molar-refractivity contribution in [3.8, 4) is 11.1 Å². The van der Waals surface area contributed by atoms with Crippen molar-refractivity contribution in [3.63, 3.8) is 0 Å². The van der Waals surface area contributed by atoms with E-state index in [0.29, 0.717) is 5.56 Å². The van der Waals surface area contributed by atoms with Crippen LogP contribution < -0.4 is 5.32 Å². The number of hydrogen-bond acceptors (Lipinski definition) is 6. The molecule has 0 aliphatic rings. The van der Waals surface area contributed by atoms with Crippen LogP contribution in [0.25, 0.3) is 11.1 Å². The highest BCUT2D eigenvalue weighted by Gasteiger charge is 2.24. The molecule has 0 bridgehead atoms. The highest BCUT2D eigenvalue weighted by molar-refractivity contribution is 7.92. The quantitative estimate of drug-likeness (QED) is 0.550. The lowest BCUT2D eigenvalue weighted by atomic mass is 10.0. The van der Waals surface area contributed by atoms with Gasteiger partial charge in [-0.15, -0.1) is 17.9 Å². The normalized spacial score (nSPS) is 11.0. The van der Waals surface area contributed by atoms with E-state index in [1.807, 2.05) is 30.3 Å². The summed E-state index contributed by atoms with van der Waals surface area (Å²) in [5, 5.41) is 4.52. The average Bonchev–Trinajstić information content (AvgIpc) is 2.98. The molecule has 0 atom stereocenters. The molecule has 0 fully saturated rings. The van der Waals surface area contributed by atoms with Crippen molar-refractivity contribution in [1.82, 2.24) is 0 Å². The molecule has 0 radical (unpaired) electrons. The molecule has 0 spiro atoms. The van der Waals surface area contributed by atoms with E-state index in [-0.39, 0.29) is 22.9 Å². The van der Waals surface area contributed by atoms with Crippen LogP contribution in [0.4, 0.5) is 5.00 Å². The average molecular weight is 393 g/mol. The molecule has 1 aromatic carbocycles. The van der Waals surface area contributed by atoms with Crippen LogP contribution in [0.3, 0.4) is 0 Å². The minimum atomic E-state index is -3.58. The summed E-state index contributed by atoms with van der Waals surface area (Å²) in [5.74, 6) is -2.25. The molecule has 26 heavy (non-hydrogen) atoms. The summed E-state index contributed by atoms with van der Waals surface area (Å²) in [4.78, 5) is 24.5. The van der Waals surface area contributed by atoms with Crippen LogP contribution in [0.2, 0.25) is 0 Å². The van der Waals surface area contributed by atoms with E-state index in [0.717, 1.165) is 16.9 Å². The molecule has 1 amide bonds. The maximum Gasteiger partial charge on any atom is 0.341 e. The number of amides is 1. The summed E-state index contributed by atoms with van der Waals surface area (Å²) in [6.07, 6.45) is 1.23. The zero-order valence-corrected chi connectivity index (χ0v) is 15.9. The molecular weight excluding hydrogens is 374 g/mol. The standard InChI is InChI=1S/C18H19NO5S2/c1-3-10-26(22,23)12-15(20)19-17-16(18(21)24-4-2)14(11-25-17)13-8-6-5-7-9-13/h3,5-9,11H,1,4,10,12H2,2H3,(H,19,20). The second-order valence-corrected chi connectivity index (χ2v) is 8.32. The lowest BCUT2D eigenvalue weighted by Gasteiger charge is -2.09. The van der Waals surface area contributed by atoms with Crippen LogP contribution in [0.1, 0.15) is 17.3 Å². The van der Waals surface area contributed by atoms with Crippen LogP contribution in [-0.4, -0.2) is 38.4 Å². The van der Waals surface area contributed by atoms with Gasteiger partial charge in [0.05, 0.1) is 12.4 Å². The van der Waals surface area contributed by atoms with Crippen LogP contribution in [-0.2, 0) is 19.4 Å². The number of anilines is 1. The van der Waals surface area contributed by atoms with E-state index >= 15 is 0 Å². The number of nitrogens with one attached hydrogen (secondary N) is 1. The summed E-state index contributed by atoms with van der Waals surface area (Å²) in [7, 11) is -3.58. The summed E-state index contributed by atoms with van der Waals surface area (Å²) in [6, 6.07) is 9.20. The Labute approximate surface area is 156 Å². The van der Waals surface area contributed by atoms with E-state index in [9.17, 15) is 18.0 Å². The van der Waals surface area contributed by atoms with Crippen molar-refractivity contribution < 1.29 is 22.7 Å². The number of carbonyl (C=O) groups excluding carboxylic acids is 2. The Morgan fingerprint density at radius 2 is 1.96 bits per heavy atom. The second kappa shape index (κ2) is 8.77. The van der Waals surface area contributed by atoms with Gasteiger partial charge >= 0.3 is 5.97 Å². The Bertz CT molecular complexity index is 901. The molecule has 1 N–H and O–H groups in total. The van der Waals surface area contributed by atoms with Crippen molar-refractivity contribution in [2.45, 2.75) is 6.92 Å². The number of rotatable bonds is 8. The van der Waals surface area contributed by atoms with Gasteiger partial charge in [-0.2, -0.15) is 0 Å². The lowest BCUT2D eigenvalue weighted by molar-refractivity contribution is -0.113. The van der Waals surface area contributed by atoms with Crippen molar-refractivity contribution in [2.24, 2.45) is 0 Å². The Hall–Kier alpha value is -2.45. The maximum atomic E-state index is 12.4. The van der Waals surface area contributed by atoms with Crippen LogP contribution >= 0.6 is 11.3 Å². The Morgan fingerprint density at radius 1 is 1.27 bits per heavy atom. The van der Waals surface area contributed by atoms with Crippen molar-refractivity contribution in [3.05, 3.63) is 53.9 Å². The third-order valence-electron chi connectivity index (χ3n) is 3.33. The fourth-order valence-corrected chi connectivity index (χ4v) is 4.21. The first-order valence-corrected chi connectivity index (χ1v) is 10.5. The van der Waals surface area contributed by atoms with E-state index in [4.69, 9.17) is 4.74 Å². The summed E-state index contributed by atoms with van der Waals surface area (Å²) in [6.45, 7) is 5.23. The van der Waals surface area contributed by atoms with Gasteiger partial charge in [-0.05, 0) is 12.5 Å². The van der Waals surface area contributed by atoms with E-state index in [1.54, 1.807) is 12.3 Å². The molecule has 1 aromatic heterocycles. The number of benzene rings is 1. The monoisotopic (exact) mass is 393 g/mol. The molecule has 1 heterocycles. The predicted molar refractivity (Wildman–Crippen MR) is 103 cm³/mol. The SMILES string of the molecule is C=CCS(=O)(=O)CC(=O)Nc1scc(-c2ccccc2)c1C(=O)OCC. The number of hydrogen-bond donors (Lipinski definition) is 1. The molecule has 0 saturated heterocycles. The zero-order chi connectivity index (χ0) is 19.2. The zero-order valence-electron chi connectivity index (χ0n) is 14.2. The lowest BCUT2D eigenvalue weighted by Crippen LogP contribution is -2.24. The maximum absolute atomic E-state index is 12.4. The first kappa shape index (κ1) is 19.9. The van der Waals surface area contributed by atoms with Crippen molar-refractivity contribution in [2.75, 3.05) is 23.4 Å². The van der Waals surface area contributed by atoms with Gasteiger partial charge in [0, 0.05) is 10.9 Å². The van der Waals surface area contributed by atoms with Crippen molar-refractivity contribution in [1.29, 1.82) is 0 Å². The molecular formula is C18H19NO5S2. The van der Waals surface area contributed by atoms with E-state index < -0.39 is 27.5 Å². The largest absolute Gasteiger partial charge is 0.462 e. The predicted octanol–water partition coefficient (Wildman–Crippen LogP) is 3.13. The minimum absolute atomic E-state index is 0.185. The van der Waals surface area contributed by atoms with Crippen LogP contribution in [0.15, 0.2) is 48.4 Å². The number of esters is 1. The third-order valence-corrected chi connectivity index (χ3v) is 5.67. The van der Waals surface area contributed by atoms with Gasteiger partial charge in [0.1, 0.15) is 16.3 Å². The smallest absolute Gasteiger partial charge is 0.341 e. The second-order valence-electron chi connectivity index (χ2n) is 5.33. The van der Waals surface area contributed by atoms with Crippen LogP contribution in [0.5, 0.6) is 0 Å². The Kier molecular flexibility index (Phi) is 6.70. The van der Waals surface area contributed by atoms with E-state index in [2.05, 4.69) is 11.9 Å². The van der Waals surface area contributed by atoms with Gasteiger partial charge < -0.3 is 10.1 Å². The summed E-state index contributed by atoms with van der Waals surface area (Å²) >= 11 is 1.15. The molecule has 138 valence electrons. The summed E-state index contributed by atoms with van der Waals surface area (Å²) in [5.41, 5.74) is 1.64. The number of sulfone groups is 1. The number of thiophene rings is 1. The molecule has 2 aromatic rings. The highest BCUT2D eigenvalue weighted by Crippen LogP contribution is 2.36. The molecule has 6 nitrogen and oxygen atoms in total. The summed E-state index contributed by atoms with van der Waals surface area (Å²) < 4.78 is 28.6. The van der Waals surface area contributed by atoms with Gasteiger partial charge in [0.15, 0.2) is 9.84 Å². The van der Waals surface area contributed by atoms with Gasteiger partial charge in [-0.3, -0.25) is 4.79 Å². The fourth-order valence-electron chi connectivity index (χ4n) is 2.29. The molecule has 0 saturated carbocycles. The molecule has 0 aliphatic carbocycles. The minimum Gasteiger partial charge on any atom is -0.462 e. The number of ether oxygens (including phenoxy) is 1. The molecule has 0 aliphatic heterocycles. The molecule has 8 heteroatoms. The van der Waals surface area contributed by atoms with Crippen molar-refractivity contribution >= 4 is 38.1 Å². The van der Waals surface area contributed by atoms with Gasteiger partial charge in [0.25, 0.3) is 0 Å². The Balaban J connectivity index is 2.34. The van der Waals surface area contributed by atoms with E-state index in [1.165, 1.54) is 6.08 Å². The number of carbonyl (C=O) groups is 2. The fraction of sp³-hybridized carbons (Fsp3) is 0.222. The van der Waals surface area contributed by atoms with Crippen LogP contribution in [0, 0.1) is 0 Å². The van der Waals surface area contributed by atoms with Gasteiger partial charge in [-0.25, -0.2) is 13.2 Å². The van der Waals surface area contributed by atoms with Gasteiger partial charge in [-0.1, -0.05) is 36.4 Å².